The maximum atomic E-state index is 5.64. The molecule has 3 rings (SSSR count). The zero-order valence-corrected chi connectivity index (χ0v) is 13.8. The standard InChI is InChI=1S/C18H26N4O/c1-2-16(20-6-3-9-22-10-7-19-14-22)12-15-4-5-18-17(13-15)21-8-11-23-18/h4-5,7,10,13-14,16,20-21H,2-3,6,8-9,11-12H2,1H3. The van der Waals surface area contributed by atoms with Crippen molar-refractivity contribution in [2.75, 3.05) is 25.0 Å². The predicted octanol–water partition coefficient (Wildman–Crippen LogP) is 2.69. The molecule has 0 fully saturated rings. The normalized spacial score (nSPS) is 14.7. The molecule has 1 aromatic carbocycles. The molecule has 124 valence electrons. The minimum Gasteiger partial charge on any atom is -0.490 e. The smallest absolute Gasteiger partial charge is 0.142 e. The summed E-state index contributed by atoms with van der Waals surface area (Å²) >= 11 is 0. The van der Waals surface area contributed by atoms with Gasteiger partial charge in [-0.3, -0.25) is 0 Å². The lowest BCUT2D eigenvalue weighted by Gasteiger charge is -2.21. The van der Waals surface area contributed by atoms with Crippen LogP contribution in [0.1, 0.15) is 25.3 Å². The van der Waals surface area contributed by atoms with Crippen molar-refractivity contribution in [3.05, 3.63) is 42.5 Å². The van der Waals surface area contributed by atoms with E-state index in [4.69, 9.17) is 4.74 Å². The van der Waals surface area contributed by atoms with Gasteiger partial charge in [0.05, 0.1) is 12.0 Å². The Balaban J connectivity index is 1.46. The summed E-state index contributed by atoms with van der Waals surface area (Å²) in [6, 6.07) is 7.01. The number of anilines is 1. The quantitative estimate of drug-likeness (QED) is 0.736. The molecule has 1 atom stereocenters. The van der Waals surface area contributed by atoms with Crippen molar-refractivity contribution in [1.29, 1.82) is 0 Å². The van der Waals surface area contributed by atoms with Crippen LogP contribution in [0.5, 0.6) is 5.75 Å². The molecule has 23 heavy (non-hydrogen) atoms. The first-order valence-electron chi connectivity index (χ1n) is 8.54. The SMILES string of the molecule is CCC(Cc1ccc2c(c1)NCCO2)NCCCn1ccnc1. The first-order chi connectivity index (χ1) is 11.3. The molecule has 0 saturated heterocycles. The van der Waals surface area contributed by atoms with Gasteiger partial charge >= 0.3 is 0 Å². The molecule has 1 aliphatic rings. The van der Waals surface area contributed by atoms with E-state index in [1.165, 1.54) is 5.56 Å². The largest absolute Gasteiger partial charge is 0.490 e. The van der Waals surface area contributed by atoms with Crippen molar-refractivity contribution in [1.82, 2.24) is 14.9 Å². The van der Waals surface area contributed by atoms with Gasteiger partial charge in [-0.1, -0.05) is 13.0 Å². The average Bonchev–Trinajstić information content (AvgIpc) is 3.11. The summed E-state index contributed by atoms with van der Waals surface area (Å²) in [6.07, 6.45) is 9.02. The maximum absolute atomic E-state index is 5.64. The van der Waals surface area contributed by atoms with Gasteiger partial charge in [0.2, 0.25) is 0 Å². The van der Waals surface area contributed by atoms with E-state index in [-0.39, 0.29) is 0 Å². The Kier molecular flexibility index (Phi) is 5.53. The fourth-order valence-corrected chi connectivity index (χ4v) is 2.95. The van der Waals surface area contributed by atoms with E-state index in [0.29, 0.717) is 6.04 Å². The van der Waals surface area contributed by atoms with E-state index in [2.05, 4.69) is 45.3 Å². The van der Waals surface area contributed by atoms with Gasteiger partial charge in [-0.05, 0) is 43.5 Å². The summed E-state index contributed by atoms with van der Waals surface area (Å²) in [5, 5.41) is 7.08. The number of hydrogen-bond donors (Lipinski definition) is 2. The van der Waals surface area contributed by atoms with Crippen molar-refractivity contribution >= 4 is 5.69 Å². The summed E-state index contributed by atoms with van der Waals surface area (Å²) in [4.78, 5) is 4.07. The third kappa shape index (κ3) is 4.48. The number of aromatic nitrogens is 2. The summed E-state index contributed by atoms with van der Waals surface area (Å²) in [5.74, 6) is 0.973. The van der Waals surface area contributed by atoms with Crippen molar-refractivity contribution in [3.8, 4) is 5.75 Å². The molecule has 0 spiro atoms. The summed E-state index contributed by atoms with van der Waals surface area (Å²) in [5.41, 5.74) is 2.49. The highest BCUT2D eigenvalue weighted by Crippen LogP contribution is 2.28. The molecule has 1 aliphatic heterocycles. The fraction of sp³-hybridized carbons (Fsp3) is 0.500. The van der Waals surface area contributed by atoms with Crippen LogP contribution in [0.25, 0.3) is 0 Å². The molecule has 0 amide bonds. The number of fused-ring (bicyclic) bond motifs is 1. The summed E-state index contributed by atoms with van der Waals surface area (Å²) in [6.45, 7) is 5.93. The lowest BCUT2D eigenvalue weighted by molar-refractivity contribution is 0.323. The van der Waals surface area contributed by atoms with Crippen LogP contribution in [0.2, 0.25) is 0 Å². The molecule has 0 bridgehead atoms. The molecular weight excluding hydrogens is 288 g/mol. The van der Waals surface area contributed by atoms with E-state index in [1.54, 1.807) is 0 Å². The Morgan fingerprint density at radius 3 is 3.22 bits per heavy atom. The van der Waals surface area contributed by atoms with Crippen LogP contribution >= 0.6 is 0 Å². The van der Waals surface area contributed by atoms with Crippen molar-refractivity contribution < 1.29 is 4.74 Å². The van der Waals surface area contributed by atoms with E-state index in [1.807, 2.05) is 18.7 Å². The molecule has 0 saturated carbocycles. The molecule has 1 aromatic heterocycles. The van der Waals surface area contributed by atoms with Crippen LogP contribution in [0.3, 0.4) is 0 Å². The van der Waals surface area contributed by atoms with E-state index in [9.17, 15) is 0 Å². The number of nitrogens with one attached hydrogen (secondary N) is 2. The lowest BCUT2D eigenvalue weighted by atomic mass is 10.0. The second-order valence-corrected chi connectivity index (χ2v) is 6.02. The van der Waals surface area contributed by atoms with Gasteiger partial charge in [0.25, 0.3) is 0 Å². The highest BCUT2D eigenvalue weighted by atomic mass is 16.5. The third-order valence-electron chi connectivity index (χ3n) is 4.28. The zero-order valence-electron chi connectivity index (χ0n) is 13.8. The van der Waals surface area contributed by atoms with E-state index >= 15 is 0 Å². The van der Waals surface area contributed by atoms with Crippen LogP contribution in [0.4, 0.5) is 5.69 Å². The molecule has 2 N–H and O–H groups in total. The Labute approximate surface area is 138 Å². The van der Waals surface area contributed by atoms with Crippen molar-refractivity contribution in [2.24, 2.45) is 0 Å². The third-order valence-corrected chi connectivity index (χ3v) is 4.28. The topological polar surface area (TPSA) is 51.1 Å². The number of ether oxygens (including phenoxy) is 1. The minimum atomic E-state index is 0.514. The van der Waals surface area contributed by atoms with E-state index in [0.717, 1.165) is 56.9 Å². The van der Waals surface area contributed by atoms with Crippen LogP contribution < -0.4 is 15.4 Å². The monoisotopic (exact) mass is 314 g/mol. The average molecular weight is 314 g/mol. The first kappa shape index (κ1) is 15.9. The number of nitrogens with zero attached hydrogens (tertiary/aromatic N) is 2. The first-order valence-corrected chi connectivity index (χ1v) is 8.54. The van der Waals surface area contributed by atoms with Gasteiger partial charge in [0.1, 0.15) is 12.4 Å². The Hall–Kier alpha value is -2.01. The number of aryl methyl sites for hydroxylation is 1. The number of benzene rings is 1. The summed E-state index contributed by atoms with van der Waals surface area (Å²) < 4.78 is 7.76. The van der Waals surface area contributed by atoms with Gasteiger partial charge in [-0.2, -0.15) is 0 Å². The molecule has 1 unspecified atom stereocenters. The fourth-order valence-electron chi connectivity index (χ4n) is 2.95. The predicted molar refractivity (Wildman–Crippen MR) is 93.1 cm³/mol. The van der Waals surface area contributed by atoms with Gasteiger partial charge in [0.15, 0.2) is 0 Å². The van der Waals surface area contributed by atoms with Gasteiger partial charge in [-0.25, -0.2) is 4.98 Å². The van der Waals surface area contributed by atoms with E-state index < -0.39 is 0 Å². The van der Waals surface area contributed by atoms with Crippen LogP contribution in [0.15, 0.2) is 36.9 Å². The minimum absolute atomic E-state index is 0.514. The molecular formula is C18H26N4O. The van der Waals surface area contributed by atoms with Gasteiger partial charge in [-0.15, -0.1) is 0 Å². The van der Waals surface area contributed by atoms with Crippen LogP contribution in [-0.2, 0) is 13.0 Å². The van der Waals surface area contributed by atoms with Gasteiger partial charge in [0, 0.05) is 31.5 Å². The van der Waals surface area contributed by atoms with Crippen LogP contribution in [0, 0.1) is 0 Å². The summed E-state index contributed by atoms with van der Waals surface area (Å²) in [7, 11) is 0. The highest BCUT2D eigenvalue weighted by Gasteiger charge is 2.12. The highest BCUT2D eigenvalue weighted by molar-refractivity contribution is 5.59. The number of hydrogen-bond acceptors (Lipinski definition) is 4. The van der Waals surface area contributed by atoms with Crippen molar-refractivity contribution in [3.63, 3.8) is 0 Å². The van der Waals surface area contributed by atoms with Gasteiger partial charge < -0.3 is 19.9 Å². The zero-order chi connectivity index (χ0) is 15.9. The lowest BCUT2D eigenvalue weighted by Crippen LogP contribution is -2.31. The Bertz CT molecular complexity index is 597. The molecule has 5 heteroatoms. The molecule has 5 nitrogen and oxygen atoms in total. The number of imidazole rings is 1. The molecule has 2 aromatic rings. The van der Waals surface area contributed by atoms with Crippen molar-refractivity contribution in [2.45, 2.75) is 38.8 Å². The number of rotatable bonds is 8. The maximum Gasteiger partial charge on any atom is 0.142 e. The molecule has 0 aliphatic carbocycles. The Morgan fingerprint density at radius 1 is 1.43 bits per heavy atom. The second kappa shape index (κ2) is 8.02. The second-order valence-electron chi connectivity index (χ2n) is 6.02. The molecule has 2 heterocycles. The van der Waals surface area contributed by atoms with Crippen LogP contribution in [-0.4, -0.2) is 35.3 Å². The molecule has 0 radical (unpaired) electrons. The Morgan fingerprint density at radius 2 is 2.39 bits per heavy atom.